The number of aliphatic imine (C=N–C) groups is 1. The minimum atomic E-state index is 0.617. The maximum absolute atomic E-state index is 6.03. The third kappa shape index (κ3) is 3.55. The molecule has 2 heterocycles. The summed E-state index contributed by atoms with van der Waals surface area (Å²) >= 11 is 0. The molecule has 1 aromatic carbocycles. The Morgan fingerprint density at radius 1 is 1.10 bits per heavy atom. The fraction of sp³-hybridized carbons (Fsp3) is 0.438. The largest absolute Gasteiger partial charge is 0.378 e. The van der Waals surface area contributed by atoms with Crippen LogP contribution in [0.1, 0.15) is 5.56 Å². The van der Waals surface area contributed by atoms with Crippen LogP contribution in [0.3, 0.4) is 0 Å². The number of ether oxygens (including phenoxy) is 1. The second-order valence-electron chi connectivity index (χ2n) is 5.32. The molecule has 1 aromatic rings. The molecule has 0 aliphatic carbocycles. The van der Waals surface area contributed by atoms with Gasteiger partial charge < -0.3 is 20.3 Å². The van der Waals surface area contributed by atoms with Gasteiger partial charge in [0, 0.05) is 31.9 Å². The zero-order valence-corrected chi connectivity index (χ0v) is 12.2. The molecule has 0 radical (unpaired) electrons. The first-order chi connectivity index (χ1) is 10.3. The minimum Gasteiger partial charge on any atom is -0.378 e. The number of anilines is 1. The number of hydrogen-bond donors (Lipinski definition) is 1. The molecular weight excluding hydrogens is 264 g/mol. The number of rotatable bonds is 3. The van der Waals surface area contributed by atoms with Crippen molar-refractivity contribution in [1.29, 1.82) is 0 Å². The van der Waals surface area contributed by atoms with Gasteiger partial charge in [-0.3, -0.25) is 0 Å². The average molecular weight is 286 g/mol. The van der Waals surface area contributed by atoms with Crippen LogP contribution >= 0.6 is 0 Å². The second-order valence-corrected chi connectivity index (χ2v) is 5.32. The van der Waals surface area contributed by atoms with Crippen molar-refractivity contribution in [1.82, 2.24) is 4.90 Å². The minimum absolute atomic E-state index is 0.617. The molecule has 5 nitrogen and oxygen atoms in total. The van der Waals surface area contributed by atoms with Gasteiger partial charge in [-0.1, -0.05) is 24.3 Å². The Kier molecular flexibility index (Phi) is 4.40. The molecule has 0 atom stereocenters. The molecule has 2 N–H and O–H groups in total. The summed E-state index contributed by atoms with van der Waals surface area (Å²) in [4.78, 5) is 8.89. The fourth-order valence-electron chi connectivity index (χ4n) is 2.57. The van der Waals surface area contributed by atoms with Crippen molar-refractivity contribution >= 4 is 11.6 Å². The lowest BCUT2D eigenvalue weighted by molar-refractivity contribution is 0.0674. The van der Waals surface area contributed by atoms with Crippen LogP contribution in [-0.4, -0.2) is 50.3 Å². The van der Waals surface area contributed by atoms with E-state index in [9.17, 15) is 0 Å². The molecule has 1 saturated heterocycles. The predicted molar refractivity (Wildman–Crippen MR) is 85.5 cm³/mol. The molecule has 0 aromatic heterocycles. The highest BCUT2D eigenvalue weighted by Gasteiger charge is 2.12. The molecule has 3 rings (SSSR count). The Hall–Kier alpha value is -2.01. The normalized spacial score (nSPS) is 19.3. The van der Waals surface area contributed by atoms with Crippen LogP contribution in [0.4, 0.5) is 5.69 Å². The summed E-state index contributed by atoms with van der Waals surface area (Å²) in [5.41, 5.74) is 8.47. The maximum atomic E-state index is 6.03. The van der Waals surface area contributed by atoms with Gasteiger partial charge in [0.25, 0.3) is 0 Å². The maximum Gasteiger partial charge on any atom is 0.191 e. The molecule has 2 aliphatic rings. The zero-order valence-electron chi connectivity index (χ0n) is 12.2. The highest BCUT2D eigenvalue weighted by atomic mass is 16.5. The molecular formula is C16H22N4O. The van der Waals surface area contributed by atoms with E-state index in [0.29, 0.717) is 12.5 Å². The smallest absolute Gasteiger partial charge is 0.191 e. The predicted octanol–water partition coefficient (Wildman–Crippen LogP) is 1.21. The van der Waals surface area contributed by atoms with Gasteiger partial charge in [-0.2, -0.15) is 0 Å². The molecule has 0 bridgehead atoms. The molecule has 0 unspecified atom stereocenters. The lowest BCUT2D eigenvalue weighted by Crippen LogP contribution is -2.44. The molecule has 0 amide bonds. The number of hydrogen-bond acceptors (Lipinski definition) is 3. The van der Waals surface area contributed by atoms with Crippen molar-refractivity contribution in [2.45, 2.75) is 6.54 Å². The summed E-state index contributed by atoms with van der Waals surface area (Å²) in [5.74, 6) is 0.617. The third-order valence-electron chi connectivity index (χ3n) is 3.88. The van der Waals surface area contributed by atoms with Gasteiger partial charge >= 0.3 is 0 Å². The summed E-state index contributed by atoms with van der Waals surface area (Å²) < 4.78 is 5.31. The molecule has 2 aliphatic heterocycles. The van der Waals surface area contributed by atoms with E-state index in [2.05, 4.69) is 51.2 Å². The van der Waals surface area contributed by atoms with Crippen LogP contribution < -0.4 is 10.6 Å². The van der Waals surface area contributed by atoms with Gasteiger partial charge in [0.15, 0.2) is 5.96 Å². The van der Waals surface area contributed by atoms with E-state index in [1.165, 1.54) is 11.3 Å². The highest BCUT2D eigenvalue weighted by Crippen LogP contribution is 2.17. The summed E-state index contributed by atoms with van der Waals surface area (Å²) in [7, 11) is 0. The van der Waals surface area contributed by atoms with Crippen molar-refractivity contribution in [3.63, 3.8) is 0 Å². The van der Waals surface area contributed by atoms with Crippen LogP contribution in [0.5, 0.6) is 0 Å². The summed E-state index contributed by atoms with van der Waals surface area (Å²) in [6.07, 6.45) is 4.39. The molecule has 0 spiro atoms. The molecule has 5 heteroatoms. The Balaban J connectivity index is 1.57. The van der Waals surface area contributed by atoms with E-state index >= 15 is 0 Å². The zero-order chi connectivity index (χ0) is 14.5. The number of benzene rings is 1. The van der Waals surface area contributed by atoms with Crippen LogP contribution in [0.25, 0.3) is 0 Å². The lowest BCUT2D eigenvalue weighted by atomic mass is 10.2. The van der Waals surface area contributed by atoms with Crippen LogP contribution in [-0.2, 0) is 11.3 Å². The lowest BCUT2D eigenvalue weighted by Gasteiger charge is -2.27. The van der Waals surface area contributed by atoms with Crippen LogP contribution in [0.2, 0.25) is 0 Å². The molecule has 21 heavy (non-hydrogen) atoms. The van der Waals surface area contributed by atoms with E-state index in [1.54, 1.807) is 0 Å². The Labute approximate surface area is 125 Å². The third-order valence-corrected chi connectivity index (χ3v) is 3.88. The van der Waals surface area contributed by atoms with Crippen molar-refractivity contribution < 1.29 is 4.74 Å². The number of guanidine groups is 1. The Bertz CT molecular complexity index is 510. The number of nitrogens with zero attached hydrogens (tertiary/aromatic N) is 3. The number of nitrogens with two attached hydrogens (primary N) is 1. The highest BCUT2D eigenvalue weighted by molar-refractivity contribution is 5.78. The van der Waals surface area contributed by atoms with E-state index in [4.69, 9.17) is 10.5 Å². The SMILES string of the molecule is NC(=NCc1ccc(N2CC=CC2)cc1)N1CCOCC1. The summed E-state index contributed by atoms with van der Waals surface area (Å²) in [5, 5.41) is 0. The van der Waals surface area contributed by atoms with Gasteiger partial charge in [0.1, 0.15) is 0 Å². The van der Waals surface area contributed by atoms with E-state index in [-0.39, 0.29) is 0 Å². The molecule has 1 fully saturated rings. The average Bonchev–Trinajstić information content (AvgIpc) is 3.08. The quantitative estimate of drug-likeness (QED) is 0.515. The molecule has 0 saturated carbocycles. The Morgan fingerprint density at radius 2 is 1.76 bits per heavy atom. The van der Waals surface area contributed by atoms with Gasteiger partial charge in [-0.25, -0.2) is 4.99 Å². The fourth-order valence-corrected chi connectivity index (χ4v) is 2.57. The van der Waals surface area contributed by atoms with Crippen molar-refractivity contribution in [2.75, 3.05) is 44.3 Å². The first kappa shape index (κ1) is 13.9. The van der Waals surface area contributed by atoms with E-state index in [1.807, 2.05) is 0 Å². The van der Waals surface area contributed by atoms with Crippen molar-refractivity contribution in [3.8, 4) is 0 Å². The van der Waals surface area contributed by atoms with Crippen molar-refractivity contribution in [2.24, 2.45) is 10.7 Å². The topological polar surface area (TPSA) is 54.1 Å². The Morgan fingerprint density at radius 3 is 2.43 bits per heavy atom. The van der Waals surface area contributed by atoms with E-state index in [0.717, 1.165) is 39.4 Å². The monoisotopic (exact) mass is 286 g/mol. The molecule has 112 valence electrons. The van der Waals surface area contributed by atoms with Crippen LogP contribution in [0.15, 0.2) is 41.4 Å². The van der Waals surface area contributed by atoms with E-state index < -0.39 is 0 Å². The van der Waals surface area contributed by atoms with Gasteiger partial charge in [0.05, 0.1) is 19.8 Å². The second kappa shape index (κ2) is 6.63. The van der Waals surface area contributed by atoms with Gasteiger partial charge in [-0.05, 0) is 17.7 Å². The summed E-state index contributed by atoms with van der Waals surface area (Å²) in [6, 6.07) is 8.57. The van der Waals surface area contributed by atoms with Gasteiger partial charge in [-0.15, -0.1) is 0 Å². The van der Waals surface area contributed by atoms with Gasteiger partial charge in [0.2, 0.25) is 0 Å². The number of morpholine rings is 1. The standard InChI is InChI=1S/C16H22N4O/c17-16(20-9-11-21-12-10-20)18-13-14-3-5-15(6-4-14)19-7-1-2-8-19/h1-6H,7-13H2,(H2,17,18). The first-order valence-corrected chi connectivity index (χ1v) is 7.44. The van der Waals surface area contributed by atoms with Crippen LogP contribution in [0, 0.1) is 0 Å². The first-order valence-electron chi connectivity index (χ1n) is 7.44. The summed E-state index contributed by atoms with van der Waals surface area (Å²) in [6.45, 7) is 5.75. The van der Waals surface area contributed by atoms with Crippen molar-refractivity contribution in [3.05, 3.63) is 42.0 Å².